The molecule has 1 saturated heterocycles. The lowest BCUT2D eigenvalue weighted by Crippen LogP contribution is -2.49. The average molecular weight is 411 g/mol. The number of ether oxygens (including phenoxy) is 1. The van der Waals surface area contributed by atoms with Crippen LogP contribution in [-0.4, -0.2) is 53.6 Å². The normalized spacial score (nSPS) is 14.4. The van der Waals surface area contributed by atoms with Crippen LogP contribution in [0.4, 0.5) is 5.82 Å². The highest BCUT2D eigenvalue weighted by Crippen LogP contribution is 2.31. The lowest BCUT2D eigenvalue weighted by atomic mass is 10.1. The van der Waals surface area contributed by atoms with Gasteiger partial charge < -0.3 is 14.5 Å². The number of aryl methyl sites for hydroxylation is 1. The summed E-state index contributed by atoms with van der Waals surface area (Å²) in [5.41, 5.74) is 1.02. The Labute approximate surface area is 175 Å². The van der Waals surface area contributed by atoms with Gasteiger partial charge in [-0.15, -0.1) is 11.3 Å². The minimum atomic E-state index is 0.172. The number of hydrogen-bond acceptors (Lipinski definition) is 6. The van der Waals surface area contributed by atoms with Crippen molar-refractivity contribution < 1.29 is 9.53 Å². The number of rotatable bonds is 6. The van der Waals surface area contributed by atoms with Crippen molar-refractivity contribution in [1.82, 2.24) is 14.9 Å². The average Bonchev–Trinajstić information content (AvgIpc) is 3.19. The van der Waals surface area contributed by atoms with Gasteiger partial charge >= 0.3 is 0 Å². The van der Waals surface area contributed by atoms with E-state index in [0.29, 0.717) is 26.1 Å². The van der Waals surface area contributed by atoms with E-state index in [1.54, 1.807) is 17.7 Å². The lowest BCUT2D eigenvalue weighted by Gasteiger charge is -2.35. The van der Waals surface area contributed by atoms with Crippen molar-refractivity contribution >= 4 is 33.3 Å². The molecule has 4 rings (SSSR count). The highest BCUT2D eigenvalue weighted by molar-refractivity contribution is 7.18. The van der Waals surface area contributed by atoms with E-state index in [0.717, 1.165) is 46.9 Å². The molecular weight excluding hydrogens is 384 g/mol. The number of nitrogens with zero attached hydrogens (tertiary/aromatic N) is 4. The highest BCUT2D eigenvalue weighted by Gasteiger charge is 2.23. The Morgan fingerprint density at radius 3 is 2.55 bits per heavy atom. The van der Waals surface area contributed by atoms with Gasteiger partial charge in [-0.25, -0.2) is 9.97 Å². The molecule has 1 fully saturated rings. The van der Waals surface area contributed by atoms with E-state index < -0.39 is 0 Å². The topological polar surface area (TPSA) is 58.6 Å². The van der Waals surface area contributed by atoms with Crippen molar-refractivity contribution in [3.63, 3.8) is 0 Å². The van der Waals surface area contributed by atoms with Gasteiger partial charge in [0, 0.05) is 31.1 Å². The number of thiophene rings is 1. The summed E-state index contributed by atoms with van der Waals surface area (Å²) in [5.74, 6) is 2.00. The molecule has 7 heteroatoms. The largest absolute Gasteiger partial charge is 0.494 e. The Bertz CT molecular complexity index is 978. The van der Waals surface area contributed by atoms with Crippen molar-refractivity contribution in [1.29, 1.82) is 0 Å². The Balaban J connectivity index is 1.38. The van der Waals surface area contributed by atoms with E-state index in [-0.39, 0.29) is 5.91 Å². The summed E-state index contributed by atoms with van der Waals surface area (Å²) in [4.78, 5) is 28.3. The van der Waals surface area contributed by atoms with Crippen LogP contribution in [0.5, 0.6) is 5.75 Å². The van der Waals surface area contributed by atoms with Crippen molar-refractivity contribution in [2.45, 2.75) is 26.7 Å². The van der Waals surface area contributed by atoms with E-state index in [4.69, 9.17) is 4.74 Å². The highest BCUT2D eigenvalue weighted by atomic mass is 32.1. The Hall–Kier alpha value is -2.67. The number of piperazine rings is 1. The van der Waals surface area contributed by atoms with Gasteiger partial charge in [0.1, 0.15) is 22.7 Å². The number of anilines is 1. The summed E-state index contributed by atoms with van der Waals surface area (Å²) in [6.07, 6.45) is 3.08. The number of hydrogen-bond donors (Lipinski definition) is 0. The van der Waals surface area contributed by atoms with E-state index in [2.05, 4.69) is 27.9 Å². The molecule has 3 heterocycles. The Morgan fingerprint density at radius 1 is 1.10 bits per heavy atom. The van der Waals surface area contributed by atoms with E-state index in [9.17, 15) is 4.79 Å². The number of benzene rings is 1. The van der Waals surface area contributed by atoms with Crippen LogP contribution in [0.15, 0.2) is 36.7 Å². The van der Waals surface area contributed by atoms with Gasteiger partial charge in [-0.2, -0.15) is 0 Å². The van der Waals surface area contributed by atoms with Gasteiger partial charge in [0.05, 0.1) is 18.4 Å². The van der Waals surface area contributed by atoms with Crippen LogP contribution < -0.4 is 9.64 Å². The van der Waals surface area contributed by atoms with Crippen LogP contribution >= 0.6 is 11.3 Å². The molecule has 0 radical (unpaired) electrons. The summed E-state index contributed by atoms with van der Waals surface area (Å²) in [5, 5.41) is 1.13. The van der Waals surface area contributed by atoms with Crippen LogP contribution in [0.1, 0.15) is 24.3 Å². The third-order valence-corrected chi connectivity index (χ3v) is 6.42. The van der Waals surface area contributed by atoms with Gasteiger partial charge in [-0.3, -0.25) is 4.79 Å². The molecule has 0 bridgehead atoms. The fourth-order valence-corrected chi connectivity index (χ4v) is 4.57. The first kappa shape index (κ1) is 19.6. The predicted octanol–water partition coefficient (Wildman–Crippen LogP) is 3.54. The quantitative estimate of drug-likeness (QED) is 0.622. The molecule has 6 nitrogen and oxygen atoms in total. The minimum absolute atomic E-state index is 0.172. The number of carbonyl (C=O) groups is 1. The number of amides is 1. The molecule has 152 valence electrons. The molecule has 0 spiro atoms. The molecule has 3 aromatic rings. The van der Waals surface area contributed by atoms with E-state index in [1.807, 2.05) is 36.1 Å². The molecule has 0 saturated carbocycles. The molecule has 0 aliphatic carbocycles. The van der Waals surface area contributed by atoms with Crippen LogP contribution in [0.2, 0.25) is 0 Å². The van der Waals surface area contributed by atoms with Crippen molar-refractivity contribution in [3.8, 4) is 5.75 Å². The molecule has 0 atom stereocenters. The molecule has 2 aromatic heterocycles. The molecule has 0 unspecified atom stereocenters. The SMILES string of the molecule is CCOc1ccc(CC(=O)N2CCN(c3ncnc4sc(CC)cc34)CC2)cc1. The zero-order chi connectivity index (χ0) is 20.2. The van der Waals surface area contributed by atoms with Crippen LogP contribution in [0.25, 0.3) is 10.2 Å². The number of fused-ring (bicyclic) bond motifs is 1. The van der Waals surface area contributed by atoms with Gasteiger partial charge in [0.25, 0.3) is 0 Å². The molecule has 1 aliphatic rings. The van der Waals surface area contributed by atoms with Gasteiger partial charge in [0.2, 0.25) is 5.91 Å². The van der Waals surface area contributed by atoms with Crippen molar-refractivity contribution in [2.24, 2.45) is 0 Å². The summed E-state index contributed by atoms with van der Waals surface area (Å²) >= 11 is 1.73. The monoisotopic (exact) mass is 410 g/mol. The summed E-state index contributed by atoms with van der Waals surface area (Å²) in [6, 6.07) is 10.0. The second-order valence-electron chi connectivity index (χ2n) is 7.10. The van der Waals surface area contributed by atoms with E-state index in [1.165, 1.54) is 4.88 Å². The number of carbonyl (C=O) groups excluding carboxylic acids is 1. The second-order valence-corrected chi connectivity index (χ2v) is 8.22. The van der Waals surface area contributed by atoms with E-state index >= 15 is 0 Å². The Kier molecular flexibility index (Phi) is 5.94. The maximum atomic E-state index is 12.7. The molecule has 1 amide bonds. The first-order chi connectivity index (χ1) is 14.2. The standard InChI is InChI=1S/C22H26N4O2S/c1-3-18-14-19-21(23-15-24-22(19)29-18)26-11-9-25(10-12-26)20(27)13-16-5-7-17(8-6-16)28-4-2/h5-8,14-15H,3-4,9-13H2,1-2H3. The van der Waals surface area contributed by atoms with Crippen LogP contribution in [0.3, 0.4) is 0 Å². The third-order valence-electron chi connectivity index (χ3n) is 5.23. The zero-order valence-electron chi connectivity index (χ0n) is 16.9. The zero-order valence-corrected chi connectivity index (χ0v) is 17.7. The third kappa shape index (κ3) is 4.34. The molecule has 1 aromatic carbocycles. The molecule has 29 heavy (non-hydrogen) atoms. The minimum Gasteiger partial charge on any atom is -0.494 e. The van der Waals surface area contributed by atoms with Crippen molar-refractivity contribution in [2.75, 3.05) is 37.7 Å². The molecular formula is C22H26N4O2S. The van der Waals surface area contributed by atoms with Crippen LogP contribution in [-0.2, 0) is 17.6 Å². The second kappa shape index (κ2) is 8.78. The molecule has 0 N–H and O–H groups in total. The molecule has 1 aliphatic heterocycles. The lowest BCUT2D eigenvalue weighted by molar-refractivity contribution is -0.130. The van der Waals surface area contributed by atoms with Crippen LogP contribution in [0, 0.1) is 0 Å². The summed E-state index contributed by atoms with van der Waals surface area (Å²) < 4.78 is 5.46. The predicted molar refractivity (Wildman–Crippen MR) is 117 cm³/mol. The fourth-order valence-electron chi connectivity index (χ4n) is 3.64. The van der Waals surface area contributed by atoms with Gasteiger partial charge in [-0.05, 0) is 37.1 Å². The maximum Gasteiger partial charge on any atom is 0.227 e. The number of aromatic nitrogens is 2. The van der Waals surface area contributed by atoms with Gasteiger partial charge in [0.15, 0.2) is 0 Å². The summed E-state index contributed by atoms with van der Waals surface area (Å²) in [7, 11) is 0. The summed E-state index contributed by atoms with van der Waals surface area (Å²) in [6.45, 7) is 7.78. The smallest absolute Gasteiger partial charge is 0.227 e. The Morgan fingerprint density at radius 2 is 1.86 bits per heavy atom. The fraction of sp³-hybridized carbons (Fsp3) is 0.409. The first-order valence-electron chi connectivity index (χ1n) is 10.2. The first-order valence-corrected chi connectivity index (χ1v) is 11.0. The maximum absolute atomic E-state index is 12.7. The van der Waals surface area contributed by atoms with Gasteiger partial charge in [-0.1, -0.05) is 19.1 Å². The van der Waals surface area contributed by atoms with Crippen molar-refractivity contribution in [3.05, 3.63) is 47.1 Å².